The van der Waals surface area contributed by atoms with Gasteiger partial charge in [-0.1, -0.05) is 30.3 Å². The number of hydrogen-bond donors (Lipinski definition) is 0. The molecule has 3 rings (SSSR count). The fourth-order valence-electron chi connectivity index (χ4n) is 3.32. The molecule has 0 spiro atoms. The zero-order valence-electron chi connectivity index (χ0n) is 16.4. The summed E-state index contributed by atoms with van der Waals surface area (Å²) in [6.45, 7) is 2.07. The Hall–Kier alpha value is -2.94. The molecule has 0 aliphatic heterocycles. The molecule has 3 aromatic carbocycles. The molecule has 140 valence electrons. The van der Waals surface area contributed by atoms with E-state index >= 15 is 0 Å². The number of methoxy groups -OCH3 is 3. The normalized spacial score (nSPS) is 10.5. The number of aryl methyl sites for hydroxylation is 1. The second-order valence-corrected chi connectivity index (χ2v) is 6.69. The molecule has 3 heteroatoms. The summed E-state index contributed by atoms with van der Waals surface area (Å²) in [6.07, 6.45) is 1.72. The molecule has 0 fully saturated rings. The largest absolute Gasteiger partial charge is 0.497 e. The lowest BCUT2D eigenvalue weighted by atomic mass is 9.98. The minimum absolute atomic E-state index is 0.857. The van der Waals surface area contributed by atoms with Crippen molar-refractivity contribution in [3.05, 3.63) is 88.5 Å². The second-order valence-electron chi connectivity index (χ2n) is 6.69. The predicted octanol–water partition coefficient (Wildman–Crippen LogP) is 5.20. The average Bonchev–Trinajstić information content (AvgIpc) is 2.68. The summed E-state index contributed by atoms with van der Waals surface area (Å²) in [6, 6.07) is 21.0. The van der Waals surface area contributed by atoms with Gasteiger partial charge in [-0.2, -0.15) is 0 Å². The highest BCUT2D eigenvalue weighted by Gasteiger charge is 2.06. The van der Waals surface area contributed by atoms with Gasteiger partial charge in [-0.05, 0) is 77.9 Å². The van der Waals surface area contributed by atoms with E-state index in [-0.39, 0.29) is 0 Å². The third-order valence-electron chi connectivity index (χ3n) is 4.70. The van der Waals surface area contributed by atoms with E-state index in [1.807, 2.05) is 18.2 Å². The fraction of sp³-hybridized carbons (Fsp3) is 0.250. The Morgan fingerprint density at radius 2 is 1.15 bits per heavy atom. The molecule has 0 radical (unpaired) electrons. The molecule has 3 aromatic rings. The Morgan fingerprint density at radius 3 is 1.70 bits per heavy atom. The highest BCUT2D eigenvalue weighted by molar-refractivity contribution is 5.42. The van der Waals surface area contributed by atoms with Crippen LogP contribution < -0.4 is 14.2 Å². The van der Waals surface area contributed by atoms with Crippen molar-refractivity contribution in [1.82, 2.24) is 0 Å². The molecule has 0 aliphatic rings. The zero-order valence-corrected chi connectivity index (χ0v) is 16.4. The Balaban J connectivity index is 1.83. The van der Waals surface area contributed by atoms with Gasteiger partial charge in [-0.25, -0.2) is 0 Å². The molecule has 0 aliphatic carbocycles. The Bertz CT molecular complexity index is 898. The van der Waals surface area contributed by atoms with Gasteiger partial charge in [0.2, 0.25) is 0 Å². The first-order valence-electron chi connectivity index (χ1n) is 9.04. The molecule has 27 heavy (non-hydrogen) atoms. The Morgan fingerprint density at radius 1 is 0.556 bits per heavy atom. The summed E-state index contributed by atoms with van der Waals surface area (Å²) in [5.41, 5.74) is 6.13. The van der Waals surface area contributed by atoms with Crippen LogP contribution in [0.25, 0.3) is 0 Å². The quantitative estimate of drug-likeness (QED) is 0.578. The summed E-state index contributed by atoms with van der Waals surface area (Å²) in [5, 5.41) is 0. The molecule has 0 N–H and O–H groups in total. The zero-order chi connectivity index (χ0) is 19.2. The maximum atomic E-state index is 5.53. The van der Waals surface area contributed by atoms with Crippen LogP contribution in [-0.2, 0) is 12.8 Å². The van der Waals surface area contributed by atoms with Crippen LogP contribution in [0.15, 0.2) is 60.7 Å². The van der Waals surface area contributed by atoms with Crippen molar-refractivity contribution in [2.45, 2.75) is 19.8 Å². The number of hydrogen-bond acceptors (Lipinski definition) is 3. The summed E-state index contributed by atoms with van der Waals surface area (Å²) < 4.78 is 16.1. The first-order valence-corrected chi connectivity index (χ1v) is 9.04. The third-order valence-corrected chi connectivity index (χ3v) is 4.70. The van der Waals surface area contributed by atoms with Crippen LogP contribution in [0, 0.1) is 6.92 Å². The highest BCUT2D eigenvalue weighted by Crippen LogP contribution is 2.25. The number of ether oxygens (including phenoxy) is 3. The molecule has 0 saturated carbocycles. The minimum Gasteiger partial charge on any atom is -0.497 e. The van der Waals surface area contributed by atoms with Crippen molar-refractivity contribution >= 4 is 0 Å². The topological polar surface area (TPSA) is 27.7 Å². The molecule has 0 heterocycles. The lowest BCUT2D eigenvalue weighted by Gasteiger charge is -2.11. The summed E-state index contributed by atoms with van der Waals surface area (Å²) >= 11 is 0. The standard InChI is InChI=1S/C24H26O3/c1-17-11-19(7-10-24(17)27-4)13-21-14-20(15-23(16-21)26-3)12-18-5-8-22(25-2)9-6-18/h5-11,14-16H,12-13H2,1-4H3. The predicted molar refractivity (Wildman–Crippen MR) is 109 cm³/mol. The molecular formula is C24H26O3. The SMILES string of the molecule is COc1ccc(Cc2cc(Cc3ccc(OC)c(C)c3)cc(OC)c2)cc1. The van der Waals surface area contributed by atoms with Gasteiger partial charge in [0.15, 0.2) is 0 Å². The van der Waals surface area contributed by atoms with Crippen LogP contribution in [0.2, 0.25) is 0 Å². The van der Waals surface area contributed by atoms with E-state index in [9.17, 15) is 0 Å². The maximum absolute atomic E-state index is 5.53. The van der Waals surface area contributed by atoms with Crippen LogP contribution in [0.3, 0.4) is 0 Å². The van der Waals surface area contributed by atoms with E-state index in [0.717, 1.165) is 35.7 Å². The van der Waals surface area contributed by atoms with Crippen molar-refractivity contribution in [2.75, 3.05) is 21.3 Å². The molecule has 0 amide bonds. The number of rotatable bonds is 7. The lowest BCUT2D eigenvalue weighted by Crippen LogP contribution is -1.96. The van der Waals surface area contributed by atoms with E-state index in [1.54, 1.807) is 21.3 Å². The summed E-state index contributed by atoms with van der Waals surface area (Å²) in [7, 11) is 5.10. The van der Waals surface area contributed by atoms with Crippen LogP contribution in [0.1, 0.15) is 27.8 Å². The van der Waals surface area contributed by atoms with Gasteiger partial charge in [0.1, 0.15) is 17.2 Å². The Kier molecular flexibility index (Phi) is 6.02. The molecule has 0 bridgehead atoms. The molecule has 0 atom stereocenters. The van der Waals surface area contributed by atoms with Gasteiger partial charge in [0.05, 0.1) is 21.3 Å². The molecular weight excluding hydrogens is 336 g/mol. The van der Waals surface area contributed by atoms with Crippen LogP contribution in [-0.4, -0.2) is 21.3 Å². The third kappa shape index (κ3) is 4.82. The second kappa shape index (κ2) is 8.63. The number of benzene rings is 3. The Labute approximate surface area is 161 Å². The van der Waals surface area contributed by atoms with Gasteiger partial charge >= 0.3 is 0 Å². The molecule has 0 unspecified atom stereocenters. The van der Waals surface area contributed by atoms with Crippen molar-refractivity contribution < 1.29 is 14.2 Å². The average molecular weight is 362 g/mol. The summed E-state index contributed by atoms with van der Waals surface area (Å²) in [4.78, 5) is 0. The first kappa shape index (κ1) is 18.8. The smallest absolute Gasteiger partial charge is 0.121 e. The van der Waals surface area contributed by atoms with Crippen LogP contribution in [0.5, 0.6) is 17.2 Å². The van der Waals surface area contributed by atoms with E-state index in [2.05, 4.69) is 49.4 Å². The van der Waals surface area contributed by atoms with E-state index in [0.29, 0.717) is 0 Å². The van der Waals surface area contributed by atoms with Gasteiger partial charge < -0.3 is 14.2 Å². The fourth-order valence-corrected chi connectivity index (χ4v) is 3.32. The van der Waals surface area contributed by atoms with Crippen molar-refractivity contribution in [1.29, 1.82) is 0 Å². The lowest BCUT2D eigenvalue weighted by molar-refractivity contribution is 0.411. The highest BCUT2D eigenvalue weighted by atomic mass is 16.5. The maximum Gasteiger partial charge on any atom is 0.121 e. The van der Waals surface area contributed by atoms with Crippen molar-refractivity contribution in [2.24, 2.45) is 0 Å². The molecule has 3 nitrogen and oxygen atoms in total. The van der Waals surface area contributed by atoms with Crippen LogP contribution in [0.4, 0.5) is 0 Å². The summed E-state index contributed by atoms with van der Waals surface area (Å²) in [5.74, 6) is 2.69. The first-order chi connectivity index (χ1) is 13.1. The van der Waals surface area contributed by atoms with Gasteiger partial charge in [-0.15, -0.1) is 0 Å². The monoisotopic (exact) mass is 362 g/mol. The molecule has 0 aromatic heterocycles. The van der Waals surface area contributed by atoms with E-state index < -0.39 is 0 Å². The van der Waals surface area contributed by atoms with Gasteiger partial charge in [-0.3, -0.25) is 0 Å². The van der Waals surface area contributed by atoms with E-state index in [1.165, 1.54) is 22.3 Å². The minimum atomic E-state index is 0.857. The van der Waals surface area contributed by atoms with E-state index in [4.69, 9.17) is 14.2 Å². The molecule has 0 saturated heterocycles. The van der Waals surface area contributed by atoms with Gasteiger partial charge in [0.25, 0.3) is 0 Å². The van der Waals surface area contributed by atoms with Crippen molar-refractivity contribution in [3.8, 4) is 17.2 Å². The van der Waals surface area contributed by atoms with Crippen LogP contribution >= 0.6 is 0 Å². The van der Waals surface area contributed by atoms with Crippen molar-refractivity contribution in [3.63, 3.8) is 0 Å². The van der Waals surface area contributed by atoms with Gasteiger partial charge in [0, 0.05) is 0 Å².